The molecular weight excluding hydrogens is 373 g/mol. The van der Waals surface area contributed by atoms with Crippen molar-refractivity contribution >= 4 is 5.91 Å². The first-order valence-corrected chi connectivity index (χ1v) is 9.54. The number of benzene rings is 2. The molecule has 0 aliphatic carbocycles. The first kappa shape index (κ1) is 20.5. The molecule has 0 saturated heterocycles. The summed E-state index contributed by atoms with van der Waals surface area (Å²) in [6.45, 7) is 5.96. The molecule has 0 fully saturated rings. The van der Waals surface area contributed by atoms with E-state index in [9.17, 15) is 14.0 Å². The van der Waals surface area contributed by atoms with Crippen molar-refractivity contribution in [2.45, 2.75) is 39.8 Å². The summed E-state index contributed by atoms with van der Waals surface area (Å²) in [5, 5.41) is 6.88. The minimum absolute atomic E-state index is 0.0385. The maximum absolute atomic E-state index is 13.0. The van der Waals surface area contributed by atoms with E-state index in [-0.39, 0.29) is 24.4 Å². The van der Waals surface area contributed by atoms with Gasteiger partial charge in [-0.1, -0.05) is 38.1 Å². The molecule has 3 aromatic rings. The van der Waals surface area contributed by atoms with Gasteiger partial charge in [0.05, 0.1) is 6.04 Å². The zero-order valence-electron chi connectivity index (χ0n) is 16.7. The van der Waals surface area contributed by atoms with E-state index in [1.54, 1.807) is 0 Å². The summed E-state index contributed by atoms with van der Waals surface area (Å²) in [5.41, 5.74) is 2.69. The van der Waals surface area contributed by atoms with Gasteiger partial charge in [-0.05, 0) is 54.7 Å². The Kier molecular flexibility index (Phi) is 6.26. The van der Waals surface area contributed by atoms with Crippen molar-refractivity contribution in [1.29, 1.82) is 0 Å². The zero-order chi connectivity index (χ0) is 21.0. The van der Waals surface area contributed by atoms with Gasteiger partial charge in [-0.25, -0.2) is 9.18 Å². The molecule has 0 radical (unpaired) electrons. The minimum atomic E-state index is -0.745. The zero-order valence-corrected chi connectivity index (χ0v) is 16.7. The topological polar surface area (TPSA) is 77.1 Å². The Hall–Kier alpha value is -3.22. The second-order valence-corrected chi connectivity index (χ2v) is 7.47. The van der Waals surface area contributed by atoms with E-state index in [0.717, 1.165) is 16.7 Å². The Labute approximate surface area is 168 Å². The fourth-order valence-corrected chi connectivity index (χ4v) is 3.04. The van der Waals surface area contributed by atoms with Gasteiger partial charge < -0.3 is 9.73 Å². The average molecular weight is 397 g/mol. The van der Waals surface area contributed by atoms with Crippen LogP contribution in [-0.2, 0) is 17.8 Å². The SMILES string of the molecule is CC(C)Cc1ccc([C@H](C)NC(=O)Cn2nc(-c3ccc(F)cc3)oc2=O)cc1. The van der Waals surface area contributed by atoms with Crippen molar-refractivity contribution in [3.05, 3.63) is 76.0 Å². The Morgan fingerprint density at radius 2 is 1.76 bits per heavy atom. The molecule has 0 bridgehead atoms. The van der Waals surface area contributed by atoms with Gasteiger partial charge in [0.1, 0.15) is 12.4 Å². The predicted octanol–water partition coefficient (Wildman–Crippen LogP) is 3.72. The van der Waals surface area contributed by atoms with Crippen LogP contribution in [0.5, 0.6) is 0 Å². The van der Waals surface area contributed by atoms with Gasteiger partial charge in [-0.2, -0.15) is 4.68 Å². The van der Waals surface area contributed by atoms with Crippen LogP contribution in [0.1, 0.15) is 37.9 Å². The van der Waals surface area contributed by atoms with Crippen LogP contribution in [0.25, 0.3) is 11.5 Å². The van der Waals surface area contributed by atoms with Gasteiger partial charge in [-0.3, -0.25) is 4.79 Å². The summed E-state index contributed by atoms with van der Waals surface area (Å²) in [7, 11) is 0. The third-order valence-electron chi connectivity index (χ3n) is 4.49. The second kappa shape index (κ2) is 8.86. The molecule has 1 atom stereocenters. The van der Waals surface area contributed by atoms with E-state index in [1.165, 1.54) is 29.8 Å². The highest BCUT2D eigenvalue weighted by Gasteiger charge is 2.15. The van der Waals surface area contributed by atoms with Crippen LogP contribution < -0.4 is 11.1 Å². The number of rotatable bonds is 7. The van der Waals surface area contributed by atoms with Gasteiger partial charge in [0.15, 0.2) is 0 Å². The van der Waals surface area contributed by atoms with Crippen LogP contribution in [0, 0.1) is 11.7 Å². The molecular formula is C22H24FN3O3. The molecule has 0 spiro atoms. The molecule has 29 heavy (non-hydrogen) atoms. The van der Waals surface area contributed by atoms with Crippen LogP contribution >= 0.6 is 0 Å². The van der Waals surface area contributed by atoms with Gasteiger partial charge in [0.2, 0.25) is 11.8 Å². The van der Waals surface area contributed by atoms with E-state index in [0.29, 0.717) is 11.5 Å². The van der Waals surface area contributed by atoms with Crippen LogP contribution in [0.2, 0.25) is 0 Å². The molecule has 0 saturated carbocycles. The maximum atomic E-state index is 13.0. The third kappa shape index (κ3) is 5.40. The van der Waals surface area contributed by atoms with Crippen molar-refractivity contribution < 1.29 is 13.6 Å². The fraction of sp³-hybridized carbons (Fsp3) is 0.318. The van der Waals surface area contributed by atoms with Gasteiger partial charge in [-0.15, -0.1) is 5.10 Å². The third-order valence-corrected chi connectivity index (χ3v) is 4.49. The molecule has 0 aliphatic rings. The molecule has 1 amide bonds. The summed E-state index contributed by atoms with van der Waals surface area (Å²) >= 11 is 0. The number of halogens is 1. The van der Waals surface area contributed by atoms with Crippen molar-refractivity contribution in [3.8, 4) is 11.5 Å². The number of aromatic nitrogens is 2. The van der Waals surface area contributed by atoms with Crippen LogP contribution in [-0.4, -0.2) is 15.7 Å². The average Bonchev–Trinajstić information content (AvgIpc) is 3.02. The van der Waals surface area contributed by atoms with E-state index >= 15 is 0 Å². The molecule has 1 aromatic heterocycles. The highest BCUT2D eigenvalue weighted by Crippen LogP contribution is 2.17. The number of carbonyl (C=O) groups excluding carboxylic acids is 1. The number of hydrogen-bond acceptors (Lipinski definition) is 4. The Morgan fingerprint density at radius 3 is 2.38 bits per heavy atom. The standard InChI is InChI=1S/C22H24FN3O3/c1-14(2)12-16-4-6-17(7-5-16)15(3)24-20(27)13-26-22(28)29-21(25-26)18-8-10-19(23)11-9-18/h4-11,14-15H,12-13H2,1-3H3,(H,24,27)/t15-/m0/s1. The lowest BCUT2D eigenvalue weighted by Gasteiger charge is -2.15. The molecule has 7 heteroatoms. The van der Waals surface area contributed by atoms with E-state index in [4.69, 9.17) is 4.42 Å². The van der Waals surface area contributed by atoms with Gasteiger partial charge >= 0.3 is 5.76 Å². The summed E-state index contributed by atoms with van der Waals surface area (Å²) < 4.78 is 19.0. The number of nitrogens with one attached hydrogen (secondary N) is 1. The van der Waals surface area contributed by atoms with Crippen LogP contribution in [0.4, 0.5) is 4.39 Å². The molecule has 1 heterocycles. The number of nitrogens with zero attached hydrogens (tertiary/aromatic N) is 2. The highest BCUT2D eigenvalue weighted by molar-refractivity contribution is 5.76. The Morgan fingerprint density at radius 1 is 1.10 bits per heavy atom. The Balaban J connectivity index is 1.63. The van der Waals surface area contributed by atoms with E-state index in [2.05, 4.69) is 36.4 Å². The quantitative estimate of drug-likeness (QED) is 0.659. The summed E-state index contributed by atoms with van der Waals surface area (Å²) in [5.74, 6) is -0.883. The molecule has 2 aromatic carbocycles. The smallest absolute Gasteiger partial charge is 0.388 e. The minimum Gasteiger partial charge on any atom is -0.388 e. The monoisotopic (exact) mass is 397 g/mol. The molecule has 0 unspecified atom stereocenters. The van der Waals surface area contributed by atoms with Crippen molar-refractivity contribution in [2.75, 3.05) is 0 Å². The van der Waals surface area contributed by atoms with Crippen molar-refractivity contribution in [1.82, 2.24) is 15.1 Å². The molecule has 0 aliphatic heterocycles. The number of carbonyl (C=O) groups is 1. The number of amides is 1. The van der Waals surface area contributed by atoms with E-state index < -0.39 is 11.6 Å². The van der Waals surface area contributed by atoms with Crippen molar-refractivity contribution in [3.63, 3.8) is 0 Å². The fourth-order valence-electron chi connectivity index (χ4n) is 3.04. The highest BCUT2D eigenvalue weighted by atomic mass is 19.1. The normalized spacial score (nSPS) is 12.2. The lowest BCUT2D eigenvalue weighted by Crippen LogP contribution is -2.33. The molecule has 3 rings (SSSR count). The lowest BCUT2D eigenvalue weighted by atomic mass is 10.00. The second-order valence-electron chi connectivity index (χ2n) is 7.47. The maximum Gasteiger partial charge on any atom is 0.437 e. The first-order chi connectivity index (χ1) is 13.8. The summed E-state index contributed by atoms with van der Waals surface area (Å²) in [6, 6.07) is 13.3. The molecule has 152 valence electrons. The first-order valence-electron chi connectivity index (χ1n) is 9.54. The van der Waals surface area contributed by atoms with Crippen LogP contribution in [0.15, 0.2) is 57.7 Å². The van der Waals surface area contributed by atoms with Gasteiger partial charge in [0, 0.05) is 5.56 Å². The Bertz CT molecular complexity index is 1020. The molecule has 1 N–H and O–H groups in total. The summed E-state index contributed by atoms with van der Waals surface area (Å²) in [6.07, 6.45) is 1.01. The van der Waals surface area contributed by atoms with Crippen LogP contribution in [0.3, 0.4) is 0 Å². The number of hydrogen-bond donors (Lipinski definition) is 1. The summed E-state index contributed by atoms with van der Waals surface area (Å²) in [4.78, 5) is 24.3. The van der Waals surface area contributed by atoms with E-state index in [1.807, 2.05) is 19.1 Å². The van der Waals surface area contributed by atoms with Crippen molar-refractivity contribution in [2.24, 2.45) is 5.92 Å². The largest absolute Gasteiger partial charge is 0.437 e. The van der Waals surface area contributed by atoms with Gasteiger partial charge in [0.25, 0.3) is 0 Å². The predicted molar refractivity (Wildman–Crippen MR) is 108 cm³/mol. The lowest BCUT2D eigenvalue weighted by molar-refractivity contribution is -0.122. The molecule has 6 nitrogen and oxygen atoms in total.